The van der Waals surface area contributed by atoms with Crippen molar-refractivity contribution in [3.05, 3.63) is 29.8 Å². The Kier molecular flexibility index (Phi) is 7.27. The van der Waals surface area contributed by atoms with E-state index < -0.39 is 32.8 Å². The lowest BCUT2D eigenvalue weighted by Gasteiger charge is -2.27. The summed E-state index contributed by atoms with van der Waals surface area (Å²) in [5, 5.41) is 8.75. The second-order valence-corrected chi connectivity index (χ2v) is 9.31. The van der Waals surface area contributed by atoms with Gasteiger partial charge in [0.1, 0.15) is 6.10 Å². The molecule has 2 rings (SSSR count). The molecule has 1 N–H and O–H groups in total. The lowest BCUT2D eigenvalue weighted by atomic mass is 10.0. The van der Waals surface area contributed by atoms with Crippen LogP contribution in [0.4, 0.5) is 10.5 Å². The largest absolute Gasteiger partial charge is 0.465 e. The standard InChI is InChI=1S/C20H25NO7S/c1-4-27-18(23)20(2,29(3,25)26)13-17-14-21(19(24)28-17)16-10-8-15(9-11-16)7-5-6-12-22/h8-11,17,22H,4,6,12-14H2,1-3H3. The maximum absolute atomic E-state index is 12.3. The molecule has 0 radical (unpaired) electrons. The monoisotopic (exact) mass is 423 g/mol. The van der Waals surface area contributed by atoms with E-state index in [2.05, 4.69) is 11.8 Å². The molecule has 1 heterocycles. The molecule has 2 unspecified atom stereocenters. The molecule has 158 valence electrons. The highest BCUT2D eigenvalue weighted by atomic mass is 32.2. The number of sulfone groups is 1. The summed E-state index contributed by atoms with van der Waals surface area (Å²) in [6.07, 6.45) is -0.252. The Morgan fingerprint density at radius 1 is 1.38 bits per heavy atom. The van der Waals surface area contributed by atoms with Gasteiger partial charge in [0, 0.05) is 30.3 Å². The number of benzene rings is 1. The number of cyclic esters (lactones) is 1. The van der Waals surface area contributed by atoms with Crippen LogP contribution in [0.15, 0.2) is 24.3 Å². The normalized spacial score (nSPS) is 18.4. The molecule has 1 amide bonds. The van der Waals surface area contributed by atoms with Crippen LogP contribution in [-0.4, -0.2) is 62.5 Å². The number of carbonyl (C=O) groups is 2. The Morgan fingerprint density at radius 3 is 2.59 bits per heavy atom. The first-order chi connectivity index (χ1) is 13.6. The highest BCUT2D eigenvalue weighted by Crippen LogP contribution is 2.30. The van der Waals surface area contributed by atoms with Gasteiger partial charge in [-0.1, -0.05) is 11.8 Å². The number of nitrogens with zero attached hydrogens (tertiary/aromatic N) is 1. The minimum absolute atomic E-state index is 0.00963. The Labute approximate surface area is 170 Å². The number of hydrogen-bond acceptors (Lipinski definition) is 7. The molecule has 0 spiro atoms. The summed E-state index contributed by atoms with van der Waals surface area (Å²) in [7, 11) is -3.81. The van der Waals surface area contributed by atoms with Crippen LogP contribution >= 0.6 is 0 Å². The lowest BCUT2D eigenvalue weighted by Crippen LogP contribution is -2.47. The van der Waals surface area contributed by atoms with Gasteiger partial charge in [-0.15, -0.1) is 0 Å². The van der Waals surface area contributed by atoms with Crippen molar-refractivity contribution in [3.8, 4) is 11.8 Å². The Morgan fingerprint density at radius 2 is 2.03 bits per heavy atom. The molecule has 0 aromatic heterocycles. The van der Waals surface area contributed by atoms with E-state index in [1.807, 2.05) is 0 Å². The molecule has 1 aromatic carbocycles. The van der Waals surface area contributed by atoms with Crippen molar-refractivity contribution in [3.63, 3.8) is 0 Å². The smallest absolute Gasteiger partial charge is 0.414 e. The van der Waals surface area contributed by atoms with Gasteiger partial charge < -0.3 is 14.6 Å². The summed E-state index contributed by atoms with van der Waals surface area (Å²) in [5.74, 6) is 4.85. The highest BCUT2D eigenvalue weighted by molar-refractivity contribution is 7.92. The van der Waals surface area contributed by atoms with E-state index in [1.54, 1.807) is 31.2 Å². The fourth-order valence-electron chi connectivity index (χ4n) is 2.89. The summed E-state index contributed by atoms with van der Waals surface area (Å²) in [5.41, 5.74) is 1.31. The van der Waals surface area contributed by atoms with Crippen LogP contribution in [0.25, 0.3) is 0 Å². The van der Waals surface area contributed by atoms with Gasteiger partial charge in [0.2, 0.25) is 0 Å². The molecule has 9 heteroatoms. The third-order valence-corrected chi connectivity index (χ3v) is 6.64. The molecule has 8 nitrogen and oxygen atoms in total. The Hall–Kier alpha value is -2.57. The van der Waals surface area contributed by atoms with Crippen molar-refractivity contribution >= 4 is 27.6 Å². The lowest BCUT2D eigenvalue weighted by molar-refractivity contribution is -0.146. The predicted molar refractivity (Wildman–Crippen MR) is 107 cm³/mol. The van der Waals surface area contributed by atoms with Crippen molar-refractivity contribution in [2.75, 3.05) is 30.9 Å². The fraction of sp³-hybridized carbons (Fsp3) is 0.500. The molecule has 2 atom stereocenters. The SMILES string of the molecule is CCOC(=O)C(C)(CC1CN(c2ccc(C#CCCO)cc2)C(=O)O1)S(C)(=O)=O. The summed E-state index contributed by atoms with van der Waals surface area (Å²) in [6, 6.07) is 6.88. The third kappa shape index (κ3) is 5.28. The molecular weight excluding hydrogens is 398 g/mol. The van der Waals surface area contributed by atoms with Gasteiger partial charge in [-0.25, -0.2) is 13.2 Å². The average Bonchev–Trinajstić information content (AvgIpc) is 3.01. The van der Waals surface area contributed by atoms with Gasteiger partial charge in [0.25, 0.3) is 0 Å². The van der Waals surface area contributed by atoms with Gasteiger partial charge in [0.15, 0.2) is 14.6 Å². The third-order valence-electron chi connectivity index (χ3n) is 4.67. The minimum atomic E-state index is -3.81. The number of amides is 1. The van der Waals surface area contributed by atoms with E-state index in [-0.39, 0.29) is 26.2 Å². The summed E-state index contributed by atoms with van der Waals surface area (Å²) in [4.78, 5) is 26.0. The molecule has 1 fully saturated rings. The average molecular weight is 423 g/mol. The number of carbonyl (C=O) groups excluding carboxylic acids is 2. The highest BCUT2D eigenvalue weighted by Gasteiger charge is 2.49. The van der Waals surface area contributed by atoms with E-state index in [1.165, 1.54) is 11.8 Å². The van der Waals surface area contributed by atoms with E-state index >= 15 is 0 Å². The van der Waals surface area contributed by atoms with Crippen LogP contribution in [0, 0.1) is 11.8 Å². The minimum Gasteiger partial charge on any atom is -0.465 e. The number of ether oxygens (including phenoxy) is 2. The van der Waals surface area contributed by atoms with E-state index in [9.17, 15) is 18.0 Å². The van der Waals surface area contributed by atoms with Gasteiger partial charge in [-0.3, -0.25) is 9.69 Å². The van der Waals surface area contributed by atoms with Gasteiger partial charge in [-0.05, 0) is 38.1 Å². The molecule has 0 aliphatic carbocycles. The zero-order valence-electron chi connectivity index (χ0n) is 16.7. The van der Waals surface area contributed by atoms with Gasteiger partial charge >= 0.3 is 12.1 Å². The van der Waals surface area contributed by atoms with E-state index in [0.29, 0.717) is 12.1 Å². The molecule has 1 aliphatic rings. The van der Waals surface area contributed by atoms with Crippen molar-refractivity contribution in [1.82, 2.24) is 0 Å². The molecule has 0 bridgehead atoms. The number of anilines is 1. The molecule has 1 aliphatic heterocycles. The predicted octanol–water partition coefficient (Wildman–Crippen LogP) is 1.50. The van der Waals surface area contributed by atoms with Crippen molar-refractivity contribution in [2.24, 2.45) is 0 Å². The topological polar surface area (TPSA) is 110 Å². The number of aliphatic hydroxyl groups excluding tert-OH is 1. The molecule has 1 aromatic rings. The van der Waals surface area contributed by atoms with Crippen molar-refractivity contribution < 1.29 is 32.6 Å². The van der Waals surface area contributed by atoms with E-state index in [4.69, 9.17) is 14.6 Å². The molecule has 0 saturated carbocycles. The number of rotatable bonds is 7. The first kappa shape index (κ1) is 22.7. The molecule has 29 heavy (non-hydrogen) atoms. The van der Waals surface area contributed by atoms with Gasteiger partial charge in [-0.2, -0.15) is 0 Å². The maximum Gasteiger partial charge on any atom is 0.414 e. The quantitative estimate of drug-likeness (QED) is 0.523. The van der Waals surface area contributed by atoms with Crippen molar-refractivity contribution in [1.29, 1.82) is 0 Å². The summed E-state index contributed by atoms with van der Waals surface area (Å²) < 4.78 is 32.9. The van der Waals surface area contributed by atoms with Gasteiger partial charge in [0.05, 0.1) is 19.8 Å². The van der Waals surface area contributed by atoms with E-state index in [0.717, 1.165) is 11.8 Å². The summed E-state index contributed by atoms with van der Waals surface area (Å²) in [6.45, 7) is 3.03. The zero-order chi connectivity index (χ0) is 21.7. The number of hydrogen-bond donors (Lipinski definition) is 1. The number of aliphatic hydroxyl groups is 1. The van der Waals surface area contributed by atoms with Crippen LogP contribution in [-0.2, 0) is 24.1 Å². The van der Waals surface area contributed by atoms with Crippen LogP contribution in [0.1, 0.15) is 32.3 Å². The van der Waals surface area contributed by atoms with Crippen LogP contribution in [0.5, 0.6) is 0 Å². The Balaban J connectivity index is 2.15. The second-order valence-electron chi connectivity index (χ2n) is 6.87. The molecular formula is C20H25NO7S. The summed E-state index contributed by atoms with van der Waals surface area (Å²) >= 11 is 0. The van der Waals surface area contributed by atoms with Crippen LogP contribution in [0.2, 0.25) is 0 Å². The zero-order valence-corrected chi connectivity index (χ0v) is 17.5. The Bertz CT molecular complexity index is 914. The maximum atomic E-state index is 12.3. The number of esters is 1. The fourth-order valence-corrected chi connectivity index (χ4v) is 3.74. The second kappa shape index (κ2) is 9.29. The first-order valence-electron chi connectivity index (χ1n) is 9.17. The van der Waals surface area contributed by atoms with Crippen molar-refractivity contribution in [2.45, 2.75) is 37.5 Å². The first-order valence-corrected chi connectivity index (χ1v) is 11.1. The van der Waals surface area contributed by atoms with Crippen LogP contribution < -0.4 is 4.90 Å². The van der Waals surface area contributed by atoms with Crippen LogP contribution in [0.3, 0.4) is 0 Å². The molecule has 1 saturated heterocycles.